The van der Waals surface area contributed by atoms with Gasteiger partial charge in [-0.15, -0.1) is 5.10 Å². The number of nitrogens with zero attached hydrogens (tertiary/aromatic N) is 12. The van der Waals surface area contributed by atoms with E-state index in [4.69, 9.17) is 0 Å². The van der Waals surface area contributed by atoms with Crippen molar-refractivity contribution in [2.24, 2.45) is 5.92 Å². The fraction of sp³-hybridized carbons (Fsp3) is 0.405. The fourth-order valence-corrected chi connectivity index (χ4v) is 8.69. The molecule has 2 N–H and O–H groups in total. The lowest BCUT2D eigenvalue weighted by atomic mass is 9.79. The number of nitriles is 1. The number of halogens is 3. The number of benzene rings is 1. The standard InChI is InChI=1S/C42H43F3N14O2/c43-42(44,45)26-57-24-32(22-49-57)51-35-18-38(59-40-31(21-50-59)17-28(19-46)20-48-40)47-23-37(35)58-25-36(53-54-58)30-3-1-27(2-4-30)11-12-55-13-15-56(16-14-55)33-7-5-29(6-8-33)34-9-10-39(60)52-41(34)61/h5-8,17-18,20-25,27,30,34H,1-4,9-16,26H2,(H,47,51)(H,52,60,61). The Morgan fingerprint density at radius 2 is 1.70 bits per heavy atom. The second-order valence-corrected chi connectivity index (χ2v) is 16.0. The molecule has 314 valence electrons. The van der Waals surface area contributed by atoms with Crippen molar-refractivity contribution in [3.63, 3.8) is 0 Å². The van der Waals surface area contributed by atoms with Gasteiger partial charge in [0.1, 0.15) is 18.3 Å². The number of alkyl halides is 3. The Labute approximate surface area is 348 Å². The van der Waals surface area contributed by atoms with E-state index in [2.05, 4.69) is 69.1 Å². The molecular weight excluding hydrogens is 790 g/mol. The van der Waals surface area contributed by atoms with Gasteiger partial charge in [-0.3, -0.25) is 24.5 Å². The van der Waals surface area contributed by atoms with Crippen molar-refractivity contribution in [1.29, 1.82) is 5.26 Å². The number of aromatic nitrogens is 9. The van der Waals surface area contributed by atoms with Crippen LogP contribution in [0.25, 0.3) is 22.5 Å². The minimum Gasteiger partial charge on any atom is -0.369 e. The van der Waals surface area contributed by atoms with Crippen molar-refractivity contribution in [1.82, 2.24) is 54.7 Å². The molecule has 1 aromatic carbocycles. The molecule has 7 heterocycles. The third-order valence-corrected chi connectivity index (χ3v) is 12.0. The van der Waals surface area contributed by atoms with Crippen LogP contribution in [0.1, 0.15) is 73.6 Å². The van der Waals surface area contributed by atoms with Crippen LogP contribution in [0.2, 0.25) is 0 Å². The van der Waals surface area contributed by atoms with Crippen LogP contribution in [-0.2, 0) is 16.1 Å². The molecule has 0 bridgehead atoms. The maximum atomic E-state index is 13.1. The summed E-state index contributed by atoms with van der Waals surface area (Å²) in [4.78, 5) is 37.8. The molecule has 2 saturated heterocycles. The number of rotatable bonds is 11. The summed E-state index contributed by atoms with van der Waals surface area (Å²) in [7, 11) is 0. The fourth-order valence-electron chi connectivity index (χ4n) is 8.69. The van der Waals surface area contributed by atoms with Crippen LogP contribution in [0.3, 0.4) is 0 Å². The highest BCUT2D eigenvalue weighted by atomic mass is 19.4. The van der Waals surface area contributed by atoms with Gasteiger partial charge in [-0.05, 0) is 74.8 Å². The Morgan fingerprint density at radius 3 is 2.46 bits per heavy atom. The van der Waals surface area contributed by atoms with Gasteiger partial charge in [0, 0.05) is 68.1 Å². The second-order valence-electron chi connectivity index (χ2n) is 16.0. The molecule has 19 heteroatoms. The number of anilines is 3. The highest BCUT2D eigenvalue weighted by Gasteiger charge is 2.30. The zero-order valence-corrected chi connectivity index (χ0v) is 33.2. The molecule has 1 saturated carbocycles. The molecule has 16 nitrogen and oxygen atoms in total. The number of carbonyl (C=O) groups excluding carboxylic acids is 2. The molecule has 9 rings (SSSR count). The van der Waals surface area contributed by atoms with Crippen LogP contribution in [0.15, 0.2) is 73.6 Å². The minimum atomic E-state index is -4.43. The molecule has 1 unspecified atom stereocenters. The van der Waals surface area contributed by atoms with Crippen LogP contribution in [0, 0.1) is 17.2 Å². The normalized spacial score (nSPS) is 20.2. The smallest absolute Gasteiger partial charge is 0.369 e. The largest absolute Gasteiger partial charge is 0.408 e. The molecule has 2 amide bonds. The average molecular weight is 833 g/mol. The quantitative estimate of drug-likeness (QED) is 0.151. The van der Waals surface area contributed by atoms with Crippen molar-refractivity contribution in [3.05, 3.63) is 90.4 Å². The van der Waals surface area contributed by atoms with E-state index in [-0.39, 0.29) is 23.7 Å². The molecule has 0 spiro atoms. The first-order valence-electron chi connectivity index (χ1n) is 20.5. The van der Waals surface area contributed by atoms with E-state index in [1.54, 1.807) is 29.2 Å². The number of fused-ring (bicyclic) bond motifs is 1. The van der Waals surface area contributed by atoms with E-state index >= 15 is 0 Å². The number of hydrogen-bond acceptors (Lipinski definition) is 12. The third-order valence-electron chi connectivity index (χ3n) is 12.0. The van der Waals surface area contributed by atoms with Gasteiger partial charge in [0.2, 0.25) is 11.8 Å². The third kappa shape index (κ3) is 8.94. The number of pyridine rings is 2. The predicted octanol–water partition coefficient (Wildman–Crippen LogP) is 5.78. The van der Waals surface area contributed by atoms with Crippen molar-refractivity contribution >= 4 is 39.9 Å². The molecular formula is C42H43F3N14O2. The number of hydrogen-bond donors (Lipinski definition) is 2. The van der Waals surface area contributed by atoms with Gasteiger partial charge in [-0.25, -0.2) is 14.6 Å². The summed E-state index contributed by atoms with van der Waals surface area (Å²) in [6.07, 6.45) is 11.0. The molecule has 3 fully saturated rings. The summed E-state index contributed by atoms with van der Waals surface area (Å²) in [6, 6.07) is 13.7. The summed E-state index contributed by atoms with van der Waals surface area (Å²) in [5.41, 5.74) is 5.21. The minimum absolute atomic E-state index is 0.200. The summed E-state index contributed by atoms with van der Waals surface area (Å²) in [5.74, 6) is 0.588. The zero-order chi connectivity index (χ0) is 42.1. The van der Waals surface area contributed by atoms with Crippen LogP contribution in [0.4, 0.5) is 30.2 Å². The Morgan fingerprint density at radius 1 is 0.902 bits per heavy atom. The Kier molecular flexibility index (Phi) is 10.9. The van der Waals surface area contributed by atoms with Crippen molar-refractivity contribution in [3.8, 4) is 17.6 Å². The van der Waals surface area contributed by atoms with Crippen molar-refractivity contribution in [2.75, 3.05) is 42.9 Å². The van der Waals surface area contributed by atoms with Gasteiger partial charge in [-0.2, -0.15) is 33.3 Å². The van der Waals surface area contributed by atoms with E-state index < -0.39 is 12.7 Å². The first kappa shape index (κ1) is 39.8. The molecule has 0 radical (unpaired) electrons. The van der Waals surface area contributed by atoms with E-state index in [9.17, 15) is 28.0 Å². The van der Waals surface area contributed by atoms with Gasteiger partial charge in [0.05, 0.1) is 53.3 Å². The van der Waals surface area contributed by atoms with Crippen molar-refractivity contribution in [2.45, 2.75) is 69.5 Å². The van der Waals surface area contributed by atoms with E-state index in [0.29, 0.717) is 58.2 Å². The topological polar surface area (TPSA) is 181 Å². The number of amides is 2. The predicted molar refractivity (Wildman–Crippen MR) is 217 cm³/mol. The Balaban J connectivity index is 0.811. The first-order chi connectivity index (χ1) is 29.5. The summed E-state index contributed by atoms with van der Waals surface area (Å²) in [6.45, 7) is 3.71. The molecule has 2 aliphatic heterocycles. The molecule has 3 aliphatic rings. The molecule has 1 atom stereocenters. The second kappa shape index (κ2) is 16.8. The van der Waals surface area contributed by atoms with Crippen LogP contribution in [-0.4, -0.2) is 100 Å². The van der Waals surface area contributed by atoms with E-state index in [1.165, 1.54) is 23.3 Å². The lowest BCUT2D eigenvalue weighted by Gasteiger charge is -2.37. The van der Waals surface area contributed by atoms with E-state index in [0.717, 1.165) is 86.5 Å². The van der Waals surface area contributed by atoms with Gasteiger partial charge < -0.3 is 10.2 Å². The maximum Gasteiger partial charge on any atom is 0.408 e. The average Bonchev–Trinajstić information content (AvgIpc) is 4.03. The van der Waals surface area contributed by atoms with Crippen LogP contribution >= 0.6 is 0 Å². The number of nitrogens with one attached hydrogen (secondary N) is 2. The Bertz CT molecular complexity index is 2580. The summed E-state index contributed by atoms with van der Waals surface area (Å²) in [5, 5.41) is 33.0. The SMILES string of the molecule is N#Cc1cnc2c(cnn2-c2cc(Nc3cnn(CC(F)(F)F)c3)c(-n3cc(C4CCC(CCN5CCN(c6ccc(C7CCC(=O)NC7=O)cc6)CC5)CC4)nn3)cn2)c1. The molecule has 61 heavy (non-hydrogen) atoms. The number of carbonyl (C=O) groups is 2. The molecule has 5 aromatic heterocycles. The highest BCUT2D eigenvalue weighted by molar-refractivity contribution is 6.01. The summed E-state index contributed by atoms with van der Waals surface area (Å²) < 4.78 is 43.3. The van der Waals surface area contributed by atoms with E-state index in [1.807, 2.05) is 18.3 Å². The van der Waals surface area contributed by atoms with Gasteiger partial charge in [0.15, 0.2) is 11.5 Å². The van der Waals surface area contributed by atoms with Gasteiger partial charge in [-0.1, -0.05) is 17.3 Å². The molecule has 6 aromatic rings. The highest BCUT2D eigenvalue weighted by Crippen LogP contribution is 2.37. The number of piperidine rings is 1. The lowest BCUT2D eigenvalue weighted by Crippen LogP contribution is -2.47. The Hall–Kier alpha value is -6.68. The summed E-state index contributed by atoms with van der Waals surface area (Å²) >= 11 is 0. The number of piperazine rings is 1. The van der Waals surface area contributed by atoms with Gasteiger partial charge >= 0.3 is 6.18 Å². The van der Waals surface area contributed by atoms with Gasteiger partial charge in [0.25, 0.3) is 0 Å². The maximum absolute atomic E-state index is 13.1. The van der Waals surface area contributed by atoms with Crippen molar-refractivity contribution < 1.29 is 22.8 Å². The molecule has 1 aliphatic carbocycles. The zero-order valence-electron chi connectivity index (χ0n) is 33.2. The first-order valence-corrected chi connectivity index (χ1v) is 20.5. The lowest BCUT2D eigenvalue weighted by molar-refractivity contribution is -0.142. The monoisotopic (exact) mass is 832 g/mol. The van der Waals surface area contributed by atoms with Crippen LogP contribution in [0.5, 0.6) is 0 Å². The van der Waals surface area contributed by atoms with Crippen LogP contribution < -0.4 is 15.5 Å². The number of imide groups is 1.